The molecule has 0 radical (unpaired) electrons. The molecule has 176 valence electrons. The standard InChI is InChI=1S/C27H22ClN3O3S/c1-2-31-25-11-7-6-10-21(25)22-16-18(13-15-26(22)31)29-27(32)23-17-19(12-14-24(23)28)30-35(33,34)20-8-4-3-5-9-20/h3-17,30H,2H2,1H3,(H,29,32). The molecule has 0 saturated heterocycles. The molecule has 0 unspecified atom stereocenters. The van der Waals surface area contributed by atoms with Crippen molar-refractivity contribution in [2.24, 2.45) is 0 Å². The summed E-state index contributed by atoms with van der Waals surface area (Å²) in [7, 11) is -3.80. The fourth-order valence-electron chi connectivity index (χ4n) is 4.25. The van der Waals surface area contributed by atoms with Crippen LogP contribution in [0.15, 0.2) is 95.9 Å². The van der Waals surface area contributed by atoms with Crippen LogP contribution in [0.25, 0.3) is 21.8 Å². The molecule has 6 nitrogen and oxygen atoms in total. The minimum absolute atomic E-state index is 0.125. The molecule has 0 aliphatic heterocycles. The predicted molar refractivity (Wildman–Crippen MR) is 142 cm³/mol. The molecular formula is C27H22ClN3O3S. The van der Waals surface area contributed by atoms with Crippen LogP contribution in [0.4, 0.5) is 11.4 Å². The van der Waals surface area contributed by atoms with E-state index < -0.39 is 15.9 Å². The van der Waals surface area contributed by atoms with Gasteiger partial charge in [-0.2, -0.15) is 0 Å². The predicted octanol–water partition coefficient (Wildman–Crippen LogP) is 6.52. The third kappa shape index (κ3) is 4.36. The maximum Gasteiger partial charge on any atom is 0.261 e. The summed E-state index contributed by atoms with van der Waals surface area (Å²) in [4.78, 5) is 13.2. The van der Waals surface area contributed by atoms with Gasteiger partial charge in [0.15, 0.2) is 0 Å². The van der Waals surface area contributed by atoms with E-state index in [2.05, 4.69) is 33.7 Å². The first-order valence-corrected chi connectivity index (χ1v) is 12.9. The Morgan fingerprint density at radius 3 is 2.29 bits per heavy atom. The molecule has 0 spiro atoms. The first-order chi connectivity index (χ1) is 16.9. The molecule has 0 atom stereocenters. The molecule has 35 heavy (non-hydrogen) atoms. The van der Waals surface area contributed by atoms with Gasteiger partial charge in [-0.25, -0.2) is 8.42 Å². The topological polar surface area (TPSA) is 80.2 Å². The lowest BCUT2D eigenvalue weighted by molar-refractivity contribution is 0.102. The SMILES string of the molecule is CCn1c2ccccc2c2cc(NC(=O)c3cc(NS(=O)(=O)c4ccccc4)ccc3Cl)ccc21. The Hall–Kier alpha value is -3.81. The van der Waals surface area contributed by atoms with Crippen molar-refractivity contribution in [3.05, 3.63) is 102 Å². The number of carbonyl (C=O) groups is 1. The van der Waals surface area contributed by atoms with Gasteiger partial charge < -0.3 is 9.88 Å². The highest BCUT2D eigenvalue weighted by Gasteiger charge is 2.17. The Morgan fingerprint density at radius 1 is 0.829 bits per heavy atom. The fraction of sp³-hybridized carbons (Fsp3) is 0.0741. The van der Waals surface area contributed by atoms with Crippen LogP contribution < -0.4 is 10.0 Å². The Morgan fingerprint density at radius 2 is 1.51 bits per heavy atom. The number of anilines is 2. The Balaban J connectivity index is 1.44. The van der Waals surface area contributed by atoms with Crippen LogP contribution in [0, 0.1) is 0 Å². The average molecular weight is 504 g/mol. The van der Waals surface area contributed by atoms with Crippen LogP contribution in [0.2, 0.25) is 5.02 Å². The van der Waals surface area contributed by atoms with Gasteiger partial charge in [0, 0.05) is 39.7 Å². The minimum Gasteiger partial charge on any atom is -0.341 e. The third-order valence-electron chi connectivity index (χ3n) is 5.86. The number of rotatable bonds is 6. The van der Waals surface area contributed by atoms with Gasteiger partial charge in [-0.05, 0) is 61.5 Å². The molecule has 0 aliphatic rings. The number of aryl methyl sites for hydroxylation is 1. The zero-order valence-electron chi connectivity index (χ0n) is 18.8. The van der Waals surface area contributed by atoms with Crippen LogP contribution in [-0.2, 0) is 16.6 Å². The molecule has 1 heterocycles. The maximum absolute atomic E-state index is 13.1. The summed E-state index contributed by atoms with van der Waals surface area (Å²) in [5.74, 6) is -0.436. The lowest BCUT2D eigenvalue weighted by atomic mass is 10.1. The number of hydrogen-bond acceptors (Lipinski definition) is 3. The summed E-state index contributed by atoms with van der Waals surface area (Å²) in [6.45, 7) is 2.93. The van der Waals surface area contributed by atoms with Gasteiger partial charge in [-0.1, -0.05) is 48.0 Å². The quantitative estimate of drug-likeness (QED) is 0.277. The summed E-state index contributed by atoms with van der Waals surface area (Å²) in [6.07, 6.45) is 0. The molecule has 0 saturated carbocycles. The zero-order valence-corrected chi connectivity index (χ0v) is 20.4. The summed E-state index contributed by atoms with van der Waals surface area (Å²) in [5, 5.41) is 5.26. The van der Waals surface area contributed by atoms with Gasteiger partial charge in [0.1, 0.15) is 0 Å². The first kappa shape index (κ1) is 23.0. The molecular weight excluding hydrogens is 482 g/mol. The third-order valence-corrected chi connectivity index (χ3v) is 7.59. The molecule has 1 amide bonds. The number of halogens is 1. The number of sulfonamides is 1. The molecule has 0 aliphatic carbocycles. The highest BCUT2D eigenvalue weighted by atomic mass is 35.5. The van der Waals surface area contributed by atoms with E-state index in [-0.39, 0.29) is 21.2 Å². The Labute approximate surface area is 208 Å². The normalized spacial score (nSPS) is 11.6. The van der Waals surface area contributed by atoms with Gasteiger partial charge in [-0.15, -0.1) is 0 Å². The van der Waals surface area contributed by atoms with Gasteiger partial charge in [0.2, 0.25) is 0 Å². The molecule has 1 aromatic heterocycles. The molecule has 4 aromatic carbocycles. The van der Waals surface area contributed by atoms with Gasteiger partial charge in [0.05, 0.1) is 15.5 Å². The Kier molecular flexibility index (Phi) is 5.96. The number of amides is 1. The van der Waals surface area contributed by atoms with E-state index in [9.17, 15) is 13.2 Å². The van der Waals surface area contributed by atoms with Crippen molar-refractivity contribution in [3.63, 3.8) is 0 Å². The van der Waals surface area contributed by atoms with Gasteiger partial charge >= 0.3 is 0 Å². The highest BCUT2D eigenvalue weighted by Crippen LogP contribution is 2.31. The smallest absolute Gasteiger partial charge is 0.261 e. The number of nitrogens with zero attached hydrogens (tertiary/aromatic N) is 1. The first-order valence-electron chi connectivity index (χ1n) is 11.1. The van der Waals surface area contributed by atoms with Crippen molar-refractivity contribution in [2.45, 2.75) is 18.4 Å². The minimum atomic E-state index is -3.80. The zero-order chi connectivity index (χ0) is 24.6. The van der Waals surface area contributed by atoms with Gasteiger partial charge in [0.25, 0.3) is 15.9 Å². The fourth-order valence-corrected chi connectivity index (χ4v) is 5.52. The highest BCUT2D eigenvalue weighted by molar-refractivity contribution is 7.92. The molecule has 5 rings (SSSR count). The number of aromatic nitrogens is 1. The number of hydrogen-bond donors (Lipinski definition) is 2. The molecule has 5 aromatic rings. The van der Waals surface area contributed by atoms with E-state index in [0.717, 1.165) is 28.4 Å². The van der Waals surface area contributed by atoms with E-state index in [0.29, 0.717) is 5.69 Å². The van der Waals surface area contributed by atoms with Crippen LogP contribution in [0.3, 0.4) is 0 Å². The summed E-state index contributed by atoms with van der Waals surface area (Å²) in [5.41, 5.74) is 3.24. The summed E-state index contributed by atoms with van der Waals surface area (Å²) >= 11 is 6.30. The summed E-state index contributed by atoms with van der Waals surface area (Å²) < 4.78 is 30.1. The lowest BCUT2D eigenvalue weighted by Gasteiger charge is -2.12. The number of carbonyl (C=O) groups excluding carboxylic acids is 1. The number of nitrogens with one attached hydrogen (secondary N) is 2. The summed E-state index contributed by atoms with van der Waals surface area (Å²) in [6, 6.07) is 26.4. The molecule has 2 N–H and O–H groups in total. The average Bonchev–Trinajstić information content (AvgIpc) is 3.18. The van der Waals surface area contributed by atoms with E-state index in [1.165, 1.54) is 30.3 Å². The second kappa shape index (κ2) is 9.09. The second-order valence-corrected chi connectivity index (χ2v) is 10.2. The number of para-hydroxylation sites is 1. The van der Waals surface area contributed by atoms with Crippen molar-refractivity contribution < 1.29 is 13.2 Å². The van der Waals surface area contributed by atoms with E-state index in [1.54, 1.807) is 18.2 Å². The molecule has 0 bridgehead atoms. The van der Waals surface area contributed by atoms with Crippen molar-refractivity contribution >= 4 is 60.7 Å². The van der Waals surface area contributed by atoms with E-state index in [4.69, 9.17) is 11.6 Å². The van der Waals surface area contributed by atoms with Crippen LogP contribution >= 0.6 is 11.6 Å². The van der Waals surface area contributed by atoms with Crippen molar-refractivity contribution in [1.82, 2.24) is 4.57 Å². The largest absolute Gasteiger partial charge is 0.341 e. The van der Waals surface area contributed by atoms with Crippen molar-refractivity contribution in [2.75, 3.05) is 10.0 Å². The Bertz CT molecular complexity index is 1680. The van der Waals surface area contributed by atoms with E-state index >= 15 is 0 Å². The van der Waals surface area contributed by atoms with Crippen molar-refractivity contribution in [1.29, 1.82) is 0 Å². The van der Waals surface area contributed by atoms with Crippen LogP contribution in [0.1, 0.15) is 17.3 Å². The van der Waals surface area contributed by atoms with E-state index in [1.807, 2.05) is 30.3 Å². The maximum atomic E-state index is 13.1. The lowest BCUT2D eigenvalue weighted by Crippen LogP contribution is -2.15. The molecule has 8 heteroatoms. The van der Waals surface area contributed by atoms with Crippen molar-refractivity contribution in [3.8, 4) is 0 Å². The van der Waals surface area contributed by atoms with Crippen LogP contribution in [-0.4, -0.2) is 18.9 Å². The van der Waals surface area contributed by atoms with Gasteiger partial charge in [-0.3, -0.25) is 9.52 Å². The number of fused-ring (bicyclic) bond motifs is 3. The van der Waals surface area contributed by atoms with Crippen LogP contribution in [0.5, 0.6) is 0 Å². The monoisotopic (exact) mass is 503 g/mol. The molecule has 0 fully saturated rings. The second-order valence-electron chi connectivity index (χ2n) is 8.06. The number of benzene rings is 4.